The van der Waals surface area contributed by atoms with Crippen molar-refractivity contribution in [2.45, 2.75) is 11.7 Å². The number of nitrogens with zero attached hydrogens (tertiary/aromatic N) is 3. The van der Waals surface area contributed by atoms with Crippen molar-refractivity contribution in [2.75, 3.05) is 11.1 Å². The molecule has 0 unspecified atom stereocenters. The number of rotatable bonds is 4. The van der Waals surface area contributed by atoms with E-state index in [-0.39, 0.29) is 5.91 Å². The fraction of sp³-hybridized carbons (Fsp3) is 0.0909. The summed E-state index contributed by atoms with van der Waals surface area (Å²) in [7, 11) is 0. The van der Waals surface area contributed by atoms with Crippen LogP contribution < -0.4 is 5.32 Å². The van der Waals surface area contributed by atoms with Crippen molar-refractivity contribution < 1.29 is 4.79 Å². The number of carbonyl (C=O) groups excluding carboxylic acids is 1. The van der Waals surface area contributed by atoms with Crippen LogP contribution in [-0.2, 0) is 6.54 Å². The summed E-state index contributed by atoms with van der Waals surface area (Å²) in [5.41, 5.74) is 4.23. The third kappa shape index (κ3) is 3.12. The Morgan fingerprint density at radius 3 is 2.57 bits per heavy atom. The Morgan fingerprint density at radius 1 is 1.00 bits per heavy atom. The maximum Gasteiger partial charge on any atom is 0.255 e. The summed E-state index contributed by atoms with van der Waals surface area (Å²) in [5.74, 6) is 0.938. The maximum absolute atomic E-state index is 12.8. The summed E-state index contributed by atoms with van der Waals surface area (Å²) < 4.78 is 4.17. The second-order valence-electron chi connectivity index (χ2n) is 6.59. The van der Waals surface area contributed by atoms with E-state index in [4.69, 9.17) is 4.98 Å². The van der Waals surface area contributed by atoms with E-state index in [0.29, 0.717) is 5.56 Å². The van der Waals surface area contributed by atoms with Gasteiger partial charge in [0.2, 0.25) is 0 Å². The second kappa shape index (κ2) is 7.05. The lowest BCUT2D eigenvalue weighted by molar-refractivity contribution is 0.102. The smallest absolute Gasteiger partial charge is 0.255 e. The maximum atomic E-state index is 12.8. The van der Waals surface area contributed by atoms with Crippen LogP contribution in [0, 0.1) is 0 Å². The fourth-order valence-electron chi connectivity index (χ4n) is 3.34. The topological polar surface area (TPSA) is 51.9 Å². The molecule has 1 N–H and O–H groups in total. The zero-order valence-corrected chi connectivity index (χ0v) is 15.9. The Bertz CT molecular complexity index is 1110. The van der Waals surface area contributed by atoms with Crippen LogP contribution in [0.2, 0.25) is 0 Å². The number of imidazole rings is 1. The quantitative estimate of drug-likeness (QED) is 0.553. The minimum absolute atomic E-state index is 0.132. The molecule has 2 aromatic heterocycles. The van der Waals surface area contributed by atoms with Gasteiger partial charge in [-0.3, -0.25) is 4.79 Å². The van der Waals surface area contributed by atoms with Gasteiger partial charge in [0.1, 0.15) is 0 Å². The second-order valence-corrected chi connectivity index (χ2v) is 7.65. The predicted molar refractivity (Wildman–Crippen MR) is 112 cm³/mol. The van der Waals surface area contributed by atoms with Gasteiger partial charge in [-0.05, 0) is 42.5 Å². The van der Waals surface area contributed by atoms with E-state index in [1.165, 1.54) is 0 Å². The number of amides is 1. The Kier molecular flexibility index (Phi) is 4.25. The number of fused-ring (bicyclic) bond motifs is 1. The molecule has 0 saturated heterocycles. The predicted octanol–water partition coefficient (Wildman–Crippen LogP) is 4.70. The monoisotopic (exact) mass is 386 g/mol. The average Bonchev–Trinajstić information content (AvgIpc) is 3.46. The highest BCUT2D eigenvalue weighted by molar-refractivity contribution is 7.99. The molecule has 1 aliphatic heterocycles. The van der Waals surface area contributed by atoms with Gasteiger partial charge in [0.25, 0.3) is 5.91 Å². The molecule has 28 heavy (non-hydrogen) atoms. The normalized spacial score (nSPS) is 12.7. The molecule has 138 valence electrons. The first-order valence-electron chi connectivity index (χ1n) is 9.12. The number of hydrogen-bond donors (Lipinski definition) is 1. The molecule has 1 aliphatic rings. The van der Waals surface area contributed by atoms with E-state index in [1.807, 2.05) is 77.6 Å². The van der Waals surface area contributed by atoms with Crippen molar-refractivity contribution in [3.63, 3.8) is 0 Å². The molecule has 3 heterocycles. The van der Waals surface area contributed by atoms with Gasteiger partial charge in [-0.1, -0.05) is 30.0 Å². The largest absolute Gasteiger partial charge is 0.325 e. The minimum Gasteiger partial charge on any atom is -0.325 e. The van der Waals surface area contributed by atoms with Gasteiger partial charge in [0.05, 0.1) is 11.4 Å². The molecule has 2 aromatic carbocycles. The SMILES string of the molecule is O=C(Nc1ccccc1-c1cn2c(n1)SCC2)c1ccc(-n2cccc2)cc1. The first-order valence-corrected chi connectivity index (χ1v) is 10.1. The third-order valence-corrected chi connectivity index (χ3v) is 5.76. The summed E-state index contributed by atoms with van der Waals surface area (Å²) in [6, 6.07) is 19.3. The highest BCUT2D eigenvalue weighted by Gasteiger charge is 2.18. The lowest BCUT2D eigenvalue weighted by Gasteiger charge is -2.10. The van der Waals surface area contributed by atoms with Gasteiger partial charge >= 0.3 is 0 Å². The van der Waals surface area contributed by atoms with E-state index in [0.717, 1.165) is 40.1 Å². The Labute approximate surface area is 167 Å². The van der Waals surface area contributed by atoms with Crippen LogP contribution in [0.5, 0.6) is 0 Å². The molecule has 5 nitrogen and oxygen atoms in total. The zero-order chi connectivity index (χ0) is 18.9. The van der Waals surface area contributed by atoms with Crippen molar-refractivity contribution in [3.05, 3.63) is 84.8 Å². The minimum atomic E-state index is -0.132. The number of hydrogen-bond acceptors (Lipinski definition) is 3. The number of aryl methyl sites for hydroxylation is 1. The van der Waals surface area contributed by atoms with Crippen LogP contribution in [0.3, 0.4) is 0 Å². The standard InChI is InChI=1S/C22H18N4OS/c27-21(16-7-9-17(10-8-16)25-11-3-4-12-25)23-19-6-2-1-5-18(19)20-15-26-13-14-28-22(26)24-20/h1-12,15H,13-14H2,(H,23,27). The van der Waals surface area contributed by atoms with E-state index >= 15 is 0 Å². The van der Waals surface area contributed by atoms with Crippen molar-refractivity contribution >= 4 is 23.4 Å². The van der Waals surface area contributed by atoms with Crippen LogP contribution in [0.1, 0.15) is 10.4 Å². The average molecular weight is 386 g/mol. The number of carbonyl (C=O) groups is 1. The summed E-state index contributed by atoms with van der Waals surface area (Å²) in [6.07, 6.45) is 6.02. The number of thioether (sulfide) groups is 1. The fourth-order valence-corrected chi connectivity index (χ4v) is 4.28. The first-order chi connectivity index (χ1) is 13.8. The van der Waals surface area contributed by atoms with Gasteiger partial charge in [0.15, 0.2) is 5.16 Å². The highest BCUT2D eigenvalue weighted by atomic mass is 32.2. The molecule has 0 fully saturated rings. The Balaban J connectivity index is 1.39. The number of anilines is 1. The molecule has 0 radical (unpaired) electrons. The molecule has 0 bridgehead atoms. The van der Waals surface area contributed by atoms with Crippen LogP contribution in [0.15, 0.2) is 84.4 Å². The van der Waals surface area contributed by atoms with Gasteiger partial charge < -0.3 is 14.5 Å². The molecular weight excluding hydrogens is 368 g/mol. The van der Waals surface area contributed by atoms with Gasteiger partial charge in [-0.15, -0.1) is 0 Å². The molecule has 6 heteroatoms. The molecular formula is C22H18N4OS. The summed E-state index contributed by atoms with van der Waals surface area (Å²) in [6.45, 7) is 0.981. The van der Waals surface area contributed by atoms with Crippen molar-refractivity contribution in [3.8, 4) is 16.9 Å². The van der Waals surface area contributed by atoms with Gasteiger partial charge in [0, 0.05) is 47.7 Å². The first kappa shape index (κ1) is 16.9. The molecule has 0 spiro atoms. The summed E-state index contributed by atoms with van der Waals surface area (Å²) in [5, 5.41) is 4.08. The van der Waals surface area contributed by atoms with Gasteiger partial charge in [-0.2, -0.15) is 0 Å². The van der Waals surface area contributed by atoms with Crippen LogP contribution in [0.25, 0.3) is 16.9 Å². The molecule has 4 aromatic rings. The third-order valence-electron chi connectivity index (χ3n) is 4.79. The molecule has 5 rings (SSSR count). The van der Waals surface area contributed by atoms with E-state index < -0.39 is 0 Å². The molecule has 0 saturated carbocycles. The van der Waals surface area contributed by atoms with Crippen molar-refractivity contribution in [1.82, 2.24) is 14.1 Å². The number of benzene rings is 2. The summed E-state index contributed by atoms with van der Waals surface area (Å²) in [4.78, 5) is 17.5. The molecule has 0 atom stereocenters. The highest BCUT2D eigenvalue weighted by Crippen LogP contribution is 2.32. The number of aromatic nitrogens is 3. The van der Waals surface area contributed by atoms with Gasteiger partial charge in [-0.25, -0.2) is 4.98 Å². The van der Waals surface area contributed by atoms with E-state index in [2.05, 4.69) is 16.1 Å². The van der Waals surface area contributed by atoms with E-state index in [9.17, 15) is 4.79 Å². The molecule has 0 aliphatic carbocycles. The summed E-state index contributed by atoms with van der Waals surface area (Å²) >= 11 is 1.76. The zero-order valence-electron chi connectivity index (χ0n) is 15.1. The lowest BCUT2D eigenvalue weighted by Crippen LogP contribution is -2.12. The van der Waals surface area contributed by atoms with Crippen LogP contribution in [-0.4, -0.2) is 25.8 Å². The van der Waals surface area contributed by atoms with Crippen molar-refractivity contribution in [1.29, 1.82) is 0 Å². The van der Waals surface area contributed by atoms with Crippen LogP contribution in [0.4, 0.5) is 5.69 Å². The Hall–Kier alpha value is -3.25. The number of para-hydroxylation sites is 1. The lowest BCUT2D eigenvalue weighted by atomic mass is 10.1. The molecule has 1 amide bonds. The number of nitrogens with one attached hydrogen (secondary N) is 1. The Morgan fingerprint density at radius 2 is 1.79 bits per heavy atom. The van der Waals surface area contributed by atoms with E-state index in [1.54, 1.807) is 11.8 Å². The van der Waals surface area contributed by atoms with Crippen LogP contribution >= 0.6 is 11.8 Å². The van der Waals surface area contributed by atoms with Crippen molar-refractivity contribution in [2.24, 2.45) is 0 Å².